The molecule has 1 atom stereocenters. The minimum atomic E-state index is 0.914. The molecular formula is C11H18N2S. The highest BCUT2D eigenvalue weighted by Gasteiger charge is 2.21. The first-order chi connectivity index (χ1) is 6.83. The zero-order valence-electron chi connectivity index (χ0n) is 8.97. The molecule has 1 heterocycles. The maximum absolute atomic E-state index is 4.57. The molecule has 1 aliphatic rings. The molecule has 0 fully saturated rings. The maximum Gasteiger partial charge on any atom is 0.182 e. The fourth-order valence-electron chi connectivity index (χ4n) is 2.20. The molecule has 1 aromatic heterocycles. The van der Waals surface area contributed by atoms with Crippen molar-refractivity contribution in [2.75, 3.05) is 12.4 Å². The molecule has 0 saturated heterocycles. The highest BCUT2D eigenvalue weighted by atomic mass is 32.1. The van der Waals surface area contributed by atoms with E-state index in [4.69, 9.17) is 0 Å². The van der Waals surface area contributed by atoms with E-state index in [0.29, 0.717) is 0 Å². The van der Waals surface area contributed by atoms with Crippen molar-refractivity contribution < 1.29 is 0 Å². The molecule has 1 aromatic rings. The van der Waals surface area contributed by atoms with Crippen molar-refractivity contribution in [2.24, 2.45) is 5.92 Å². The average molecular weight is 210 g/mol. The van der Waals surface area contributed by atoms with Gasteiger partial charge >= 0.3 is 0 Å². The highest BCUT2D eigenvalue weighted by molar-refractivity contribution is 7.15. The molecule has 0 aromatic carbocycles. The van der Waals surface area contributed by atoms with Crippen molar-refractivity contribution >= 4 is 16.5 Å². The van der Waals surface area contributed by atoms with Crippen LogP contribution in [0.5, 0.6) is 0 Å². The summed E-state index contributed by atoms with van der Waals surface area (Å²) in [6.45, 7) is 2.28. The predicted octanol–water partition coefficient (Wildman–Crippen LogP) is 3.09. The monoisotopic (exact) mass is 210 g/mol. The van der Waals surface area contributed by atoms with Gasteiger partial charge in [-0.15, -0.1) is 11.3 Å². The van der Waals surface area contributed by atoms with Crippen molar-refractivity contribution in [1.82, 2.24) is 4.98 Å². The van der Waals surface area contributed by atoms with Crippen LogP contribution in [0.15, 0.2) is 0 Å². The molecule has 14 heavy (non-hydrogen) atoms. The smallest absolute Gasteiger partial charge is 0.182 e. The van der Waals surface area contributed by atoms with Crippen molar-refractivity contribution in [2.45, 2.75) is 39.0 Å². The molecule has 3 heteroatoms. The standard InChI is InChI=1S/C11H18N2S/c1-3-4-8-5-6-9-10(7-8)14-11(12-2)13-9/h8H,3-7H2,1-2H3,(H,12,13). The third-order valence-electron chi connectivity index (χ3n) is 2.95. The molecule has 1 unspecified atom stereocenters. The van der Waals surface area contributed by atoms with Crippen LogP contribution in [0.1, 0.15) is 36.8 Å². The summed E-state index contributed by atoms with van der Waals surface area (Å²) in [5.74, 6) is 0.914. The molecule has 0 radical (unpaired) electrons. The fourth-order valence-corrected chi connectivity index (χ4v) is 3.28. The van der Waals surface area contributed by atoms with Crippen molar-refractivity contribution in [3.8, 4) is 0 Å². The normalized spacial score (nSPS) is 20.6. The lowest BCUT2D eigenvalue weighted by Gasteiger charge is -2.19. The van der Waals surface area contributed by atoms with Crippen molar-refractivity contribution in [1.29, 1.82) is 0 Å². The van der Waals surface area contributed by atoms with E-state index in [9.17, 15) is 0 Å². The number of anilines is 1. The molecule has 1 aliphatic carbocycles. The molecule has 0 aliphatic heterocycles. The summed E-state index contributed by atoms with van der Waals surface area (Å²) < 4.78 is 0. The first kappa shape index (κ1) is 9.97. The molecule has 0 bridgehead atoms. The van der Waals surface area contributed by atoms with Gasteiger partial charge < -0.3 is 5.32 Å². The number of nitrogens with zero attached hydrogens (tertiary/aromatic N) is 1. The molecule has 78 valence electrons. The van der Waals surface area contributed by atoms with E-state index < -0.39 is 0 Å². The Kier molecular flexibility index (Phi) is 3.06. The fraction of sp³-hybridized carbons (Fsp3) is 0.727. The Bertz CT molecular complexity index is 306. The number of rotatable bonds is 3. The van der Waals surface area contributed by atoms with Gasteiger partial charge in [-0.1, -0.05) is 19.8 Å². The maximum atomic E-state index is 4.57. The van der Waals surface area contributed by atoms with E-state index in [0.717, 1.165) is 11.0 Å². The van der Waals surface area contributed by atoms with E-state index in [1.165, 1.54) is 42.7 Å². The molecule has 0 saturated carbocycles. The van der Waals surface area contributed by atoms with E-state index >= 15 is 0 Å². The van der Waals surface area contributed by atoms with Crippen LogP contribution in [-0.4, -0.2) is 12.0 Å². The summed E-state index contributed by atoms with van der Waals surface area (Å²) in [6, 6.07) is 0. The summed E-state index contributed by atoms with van der Waals surface area (Å²) in [6.07, 6.45) is 6.50. The Hall–Kier alpha value is -0.570. The van der Waals surface area contributed by atoms with Crippen LogP contribution in [0, 0.1) is 5.92 Å². The lowest BCUT2D eigenvalue weighted by molar-refractivity contribution is 0.424. The SMILES string of the molecule is CCCC1CCc2nc(NC)sc2C1. The highest BCUT2D eigenvalue weighted by Crippen LogP contribution is 2.33. The third-order valence-corrected chi connectivity index (χ3v) is 4.09. The minimum absolute atomic E-state index is 0.914. The number of hydrogen-bond donors (Lipinski definition) is 1. The van der Waals surface area contributed by atoms with Gasteiger partial charge in [0.2, 0.25) is 0 Å². The van der Waals surface area contributed by atoms with Gasteiger partial charge in [0.25, 0.3) is 0 Å². The molecule has 2 nitrogen and oxygen atoms in total. The average Bonchev–Trinajstić information content (AvgIpc) is 2.60. The predicted molar refractivity (Wildman–Crippen MR) is 62.1 cm³/mol. The van der Waals surface area contributed by atoms with E-state index in [1.54, 1.807) is 0 Å². The Morgan fingerprint density at radius 3 is 3.14 bits per heavy atom. The topological polar surface area (TPSA) is 24.9 Å². The van der Waals surface area contributed by atoms with Gasteiger partial charge in [0.05, 0.1) is 5.69 Å². The Morgan fingerprint density at radius 1 is 1.57 bits per heavy atom. The molecule has 0 spiro atoms. The van der Waals surface area contributed by atoms with Gasteiger partial charge in [0.15, 0.2) is 5.13 Å². The molecule has 2 rings (SSSR count). The number of nitrogens with one attached hydrogen (secondary N) is 1. The number of hydrogen-bond acceptors (Lipinski definition) is 3. The van der Waals surface area contributed by atoms with Crippen LogP contribution in [0.3, 0.4) is 0 Å². The van der Waals surface area contributed by atoms with E-state index in [-0.39, 0.29) is 0 Å². The van der Waals surface area contributed by atoms with Crippen molar-refractivity contribution in [3.63, 3.8) is 0 Å². The molecule has 0 amide bonds. The lowest BCUT2D eigenvalue weighted by atomic mass is 9.88. The summed E-state index contributed by atoms with van der Waals surface area (Å²) in [5, 5.41) is 4.23. The van der Waals surface area contributed by atoms with Crippen LogP contribution < -0.4 is 5.32 Å². The Morgan fingerprint density at radius 2 is 2.43 bits per heavy atom. The zero-order chi connectivity index (χ0) is 9.97. The van der Waals surface area contributed by atoms with Crippen LogP contribution in [0.25, 0.3) is 0 Å². The number of aryl methyl sites for hydroxylation is 1. The van der Waals surface area contributed by atoms with Crippen LogP contribution >= 0.6 is 11.3 Å². The molecule has 1 N–H and O–H groups in total. The largest absolute Gasteiger partial charge is 0.365 e. The van der Waals surface area contributed by atoms with E-state index in [2.05, 4.69) is 17.2 Å². The van der Waals surface area contributed by atoms with Gasteiger partial charge in [-0.05, 0) is 25.2 Å². The van der Waals surface area contributed by atoms with Crippen LogP contribution in [0.2, 0.25) is 0 Å². The number of aromatic nitrogens is 1. The first-order valence-corrected chi connectivity index (χ1v) is 6.31. The van der Waals surface area contributed by atoms with Gasteiger partial charge in [-0.3, -0.25) is 0 Å². The Balaban J connectivity index is 2.09. The lowest BCUT2D eigenvalue weighted by Crippen LogP contribution is -2.12. The van der Waals surface area contributed by atoms with Gasteiger partial charge in [-0.25, -0.2) is 4.98 Å². The quantitative estimate of drug-likeness (QED) is 0.829. The van der Waals surface area contributed by atoms with Crippen molar-refractivity contribution in [3.05, 3.63) is 10.6 Å². The van der Waals surface area contributed by atoms with Gasteiger partial charge in [0.1, 0.15) is 0 Å². The summed E-state index contributed by atoms with van der Waals surface area (Å²) in [4.78, 5) is 6.10. The van der Waals surface area contributed by atoms with Gasteiger partial charge in [-0.2, -0.15) is 0 Å². The van der Waals surface area contributed by atoms with E-state index in [1.807, 2.05) is 18.4 Å². The second kappa shape index (κ2) is 4.30. The Labute approximate surface area is 89.8 Å². The van der Waals surface area contributed by atoms with Gasteiger partial charge in [0, 0.05) is 11.9 Å². The number of thiazole rings is 1. The summed E-state index contributed by atoms with van der Waals surface area (Å²) in [5.41, 5.74) is 1.35. The summed E-state index contributed by atoms with van der Waals surface area (Å²) >= 11 is 1.84. The second-order valence-electron chi connectivity index (χ2n) is 4.04. The first-order valence-electron chi connectivity index (χ1n) is 5.49. The third kappa shape index (κ3) is 1.92. The van der Waals surface area contributed by atoms with Crippen LogP contribution in [-0.2, 0) is 12.8 Å². The number of fused-ring (bicyclic) bond motifs is 1. The molecular weight excluding hydrogens is 192 g/mol. The summed E-state index contributed by atoms with van der Waals surface area (Å²) in [7, 11) is 1.95. The second-order valence-corrected chi connectivity index (χ2v) is 5.12. The zero-order valence-corrected chi connectivity index (χ0v) is 9.78. The minimum Gasteiger partial charge on any atom is -0.365 e. The van der Waals surface area contributed by atoms with Crippen LogP contribution in [0.4, 0.5) is 5.13 Å².